The summed E-state index contributed by atoms with van der Waals surface area (Å²) in [7, 11) is 0. The number of carbonyl (C=O) groups is 1. The molecule has 0 spiro atoms. The van der Waals surface area contributed by atoms with Crippen molar-refractivity contribution >= 4 is 28.9 Å². The van der Waals surface area contributed by atoms with Gasteiger partial charge in [-0.3, -0.25) is 19.9 Å². The Hall–Kier alpha value is -2.67. The van der Waals surface area contributed by atoms with Crippen LogP contribution in [0.15, 0.2) is 36.5 Å². The standard InChI is InChI=1S/C17H17ClN4O3/c1-11-8-15(13(18)9-16(11)22(24)25)20-12-5-7-21(10-12)17(23)14-4-2-3-6-19-14/h2-4,6,8-9,12,20H,5,7,10H2,1H3. The first-order chi connectivity index (χ1) is 12.0. The fraction of sp³-hybridized carbons (Fsp3) is 0.294. The molecule has 2 heterocycles. The van der Waals surface area contributed by atoms with Gasteiger partial charge in [0.25, 0.3) is 11.6 Å². The summed E-state index contributed by atoms with van der Waals surface area (Å²) in [6.45, 7) is 2.82. The van der Waals surface area contributed by atoms with Crippen molar-refractivity contribution in [2.24, 2.45) is 0 Å². The number of carbonyl (C=O) groups excluding carboxylic acids is 1. The van der Waals surface area contributed by atoms with Crippen molar-refractivity contribution in [3.05, 3.63) is 62.9 Å². The van der Waals surface area contributed by atoms with Crippen LogP contribution in [0, 0.1) is 17.0 Å². The highest BCUT2D eigenvalue weighted by Crippen LogP contribution is 2.31. The lowest BCUT2D eigenvalue weighted by molar-refractivity contribution is -0.385. The van der Waals surface area contributed by atoms with Crippen LogP contribution in [0.2, 0.25) is 5.02 Å². The highest BCUT2D eigenvalue weighted by Gasteiger charge is 2.28. The molecule has 0 radical (unpaired) electrons. The smallest absolute Gasteiger partial charge is 0.273 e. The number of aryl methyl sites for hydroxylation is 1. The number of hydrogen-bond acceptors (Lipinski definition) is 5. The van der Waals surface area contributed by atoms with E-state index in [0.29, 0.717) is 35.1 Å². The van der Waals surface area contributed by atoms with Crippen LogP contribution in [0.3, 0.4) is 0 Å². The second-order valence-electron chi connectivity index (χ2n) is 5.97. The second-order valence-corrected chi connectivity index (χ2v) is 6.38. The summed E-state index contributed by atoms with van der Waals surface area (Å²) >= 11 is 6.16. The normalized spacial score (nSPS) is 16.7. The third-order valence-electron chi connectivity index (χ3n) is 4.20. The Morgan fingerprint density at radius 1 is 1.44 bits per heavy atom. The first-order valence-corrected chi connectivity index (χ1v) is 8.25. The molecule has 25 heavy (non-hydrogen) atoms. The molecule has 1 fully saturated rings. The van der Waals surface area contributed by atoms with E-state index in [1.807, 2.05) is 0 Å². The van der Waals surface area contributed by atoms with E-state index in [-0.39, 0.29) is 17.6 Å². The lowest BCUT2D eigenvalue weighted by Crippen LogP contribution is -2.32. The third-order valence-corrected chi connectivity index (χ3v) is 4.51. The minimum Gasteiger partial charge on any atom is -0.379 e. The molecule has 1 saturated heterocycles. The summed E-state index contributed by atoms with van der Waals surface area (Å²) in [6.07, 6.45) is 2.36. The summed E-state index contributed by atoms with van der Waals surface area (Å²) in [5.74, 6) is -0.101. The third kappa shape index (κ3) is 3.71. The molecule has 7 nitrogen and oxygen atoms in total. The highest BCUT2D eigenvalue weighted by molar-refractivity contribution is 6.33. The van der Waals surface area contributed by atoms with Gasteiger partial charge in [-0.2, -0.15) is 0 Å². The molecule has 8 heteroatoms. The van der Waals surface area contributed by atoms with Crippen LogP contribution in [0.5, 0.6) is 0 Å². The monoisotopic (exact) mass is 360 g/mol. The van der Waals surface area contributed by atoms with Crippen molar-refractivity contribution in [2.75, 3.05) is 18.4 Å². The first-order valence-electron chi connectivity index (χ1n) is 7.87. The van der Waals surface area contributed by atoms with Gasteiger partial charge in [0.1, 0.15) is 5.69 Å². The number of nitro groups is 1. The molecule has 1 aromatic heterocycles. The Labute approximate surface area is 149 Å². The summed E-state index contributed by atoms with van der Waals surface area (Å²) in [5, 5.41) is 14.5. The molecule has 1 aliphatic heterocycles. The van der Waals surface area contributed by atoms with Crippen molar-refractivity contribution < 1.29 is 9.72 Å². The number of aromatic nitrogens is 1. The molecule has 1 aliphatic rings. The van der Waals surface area contributed by atoms with Crippen LogP contribution in [0.25, 0.3) is 0 Å². The number of pyridine rings is 1. The number of nitrogens with one attached hydrogen (secondary N) is 1. The highest BCUT2D eigenvalue weighted by atomic mass is 35.5. The molecule has 130 valence electrons. The summed E-state index contributed by atoms with van der Waals surface area (Å²) in [6, 6.07) is 8.30. The Morgan fingerprint density at radius 3 is 2.92 bits per heavy atom. The summed E-state index contributed by atoms with van der Waals surface area (Å²) < 4.78 is 0. The van der Waals surface area contributed by atoms with Crippen molar-refractivity contribution in [3.8, 4) is 0 Å². The van der Waals surface area contributed by atoms with Gasteiger partial charge in [-0.15, -0.1) is 0 Å². The maximum absolute atomic E-state index is 12.4. The fourth-order valence-corrected chi connectivity index (χ4v) is 3.12. The van der Waals surface area contributed by atoms with E-state index in [1.165, 1.54) is 6.07 Å². The van der Waals surface area contributed by atoms with E-state index >= 15 is 0 Å². The topological polar surface area (TPSA) is 88.4 Å². The first kappa shape index (κ1) is 17.2. The Morgan fingerprint density at radius 2 is 2.24 bits per heavy atom. The number of nitro benzene ring substituents is 1. The van der Waals surface area contributed by atoms with Gasteiger partial charge in [0.05, 0.1) is 15.6 Å². The fourth-order valence-electron chi connectivity index (χ4n) is 2.91. The van der Waals surface area contributed by atoms with Gasteiger partial charge in [-0.05, 0) is 31.5 Å². The van der Waals surface area contributed by atoms with Crippen molar-refractivity contribution in [1.29, 1.82) is 0 Å². The molecule has 0 aliphatic carbocycles. The Bertz CT molecular complexity index is 813. The average molecular weight is 361 g/mol. The molecule has 0 bridgehead atoms. The van der Waals surface area contributed by atoms with Crippen molar-refractivity contribution in [3.63, 3.8) is 0 Å². The number of halogens is 1. The molecular weight excluding hydrogens is 344 g/mol. The Balaban J connectivity index is 1.69. The van der Waals surface area contributed by atoms with Gasteiger partial charge in [0.15, 0.2) is 0 Å². The quantitative estimate of drug-likeness (QED) is 0.667. The van der Waals surface area contributed by atoms with Gasteiger partial charge in [0.2, 0.25) is 0 Å². The lowest BCUT2D eigenvalue weighted by atomic mass is 10.1. The minimum absolute atomic E-state index is 0.00562. The van der Waals surface area contributed by atoms with Crippen LogP contribution in [0.4, 0.5) is 11.4 Å². The molecule has 1 N–H and O–H groups in total. The van der Waals surface area contributed by atoms with Gasteiger partial charge < -0.3 is 10.2 Å². The molecule has 1 aromatic carbocycles. The van der Waals surface area contributed by atoms with E-state index in [9.17, 15) is 14.9 Å². The van der Waals surface area contributed by atoms with E-state index in [1.54, 1.807) is 42.3 Å². The van der Waals surface area contributed by atoms with Crippen LogP contribution >= 0.6 is 11.6 Å². The largest absolute Gasteiger partial charge is 0.379 e. The van der Waals surface area contributed by atoms with Crippen molar-refractivity contribution in [1.82, 2.24) is 9.88 Å². The van der Waals surface area contributed by atoms with E-state index in [0.717, 1.165) is 6.42 Å². The molecular formula is C17H17ClN4O3. The van der Waals surface area contributed by atoms with Crippen LogP contribution < -0.4 is 5.32 Å². The molecule has 3 rings (SSSR count). The molecule has 1 unspecified atom stereocenters. The number of benzene rings is 1. The predicted molar refractivity (Wildman–Crippen MR) is 95.0 cm³/mol. The molecule has 1 amide bonds. The maximum atomic E-state index is 12.4. The number of amides is 1. The number of likely N-dealkylation sites (tertiary alicyclic amines) is 1. The average Bonchev–Trinajstić information content (AvgIpc) is 3.06. The van der Waals surface area contributed by atoms with Gasteiger partial charge in [-0.25, -0.2) is 0 Å². The number of anilines is 1. The number of hydrogen-bond donors (Lipinski definition) is 1. The summed E-state index contributed by atoms with van der Waals surface area (Å²) in [5.41, 5.74) is 1.60. The zero-order valence-corrected chi connectivity index (χ0v) is 14.4. The number of nitrogens with zero attached hydrogens (tertiary/aromatic N) is 3. The van der Waals surface area contributed by atoms with Gasteiger partial charge >= 0.3 is 0 Å². The molecule has 2 aromatic rings. The second kappa shape index (κ2) is 7.06. The zero-order valence-electron chi connectivity index (χ0n) is 13.6. The van der Waals surface area contributed by atoms with E-state index in [2.05, 4.69) is 10.3 Å². The predicted octanol–water partition coefficient (Wildman–Crippen LogP) is 3.28. The molecule has 0 saturated carbocycles. The minimum atomic E-state index is -0.451. The zero-order chi connectivity index (χ0) is 18.0. The van der Waals surface area contributed by atoms with Crippen LogP contribution in [0.1, 0.15) is 22.5 Å². The van der Waals surface area contributed by atoms with E-state index in [4.69, 9.17) is 11.6 Å². The van der Waals surface area contributed by atoms with Crippen LogP contribution in [-0.4, -0.2) is 39.8 Å². The number of rotatable bonds is 4. The van der Waals surface area contributed by atoms with Crippen molar-refractivity contribution in [2.45, 2.75) is 19.4 Å². The van der Waals surface area contributed by atoms with Gasteiger partial charge in [-0.1, -0.05) is 17.7 Å². The summed E-state index contributed by atoms with van der Waals surface area (Å²) in [4.78, 5) is 28.8. The van der Waals surface area contributed by atoms with Gasteiger partial charge in [0, 0.05) is 37.0 Å². The Kier molecular flexibility index (Phi) is 4.85. The maximum Gasteiger partial charge on any atom is 0.273 e. The van der Waals surface area contributed by atoms with Crippen LogP contribution in [-0.2, 0) is 0 Å². The SMILES string of the molecule is Cc1cc(NC2CCN(C(=O)c3ccccn3)C2)c(Cl)cc1[N+](=O)[O-]. The lowest BCUT2D eigenvalue weighted by Gasteiger charge is -2.18. The van der Waals surface area contributed by atoms with E-state index < -0.39 is 4.92 Å². The molecule has 1 atom stereocenters.